The Bertz CT molecular complexity index is 797. The van der Waals surface area contributed by atoms with E-state index in [1.54, 1.807) is 42.5 Å². The van der Waals surface area contributed by atoms with Gasteiger partial charge < -0.3 is 19.5 Å². The topological polar surface area (TPSA) is 73.9 Å². The average molecular weight is 412 g/mol. The molecule has 2 aromatic rings. The van der Waals surface area contributed by atoms with Gasteiger partial charge in [-0.1, -0.05) is 35.3 Å². The van der Waals surface area contributed by atoms with Crippen molar-refractivity contribution in [2.75, 3.05) is 26.4 Å². The van der Waals surface area contributed by atoms with E-state index in [1.165, 1.54) is 0 Å². The van der Waals surface area contributed by atoms with Gasteiger partial charge in [0, 0.05) is 5.02 Å². The van der Waals surface area contributed by atoms with Gasteiger partial charge in [0.25, 0.3) is 5.91 Å². The molecule has 0 heterocycles. The first-order valence-electron chi connectivity index (χ1n) is 8.24. The number of hydrogen-bond donors (Lipinski definition) is 1. The van der Waals surface area contributed by atoms with Crippen LogP contribution in [0.1, 0.15) is 17.3 Å². The Labute approximate surface area is 167 Å². The molecule has 1 N–H and O–H groups in total. The number of nitrogens with one attached hydrogen (secondary N) is 1. The van der Waals surface area contributed by atoms with E-state index in [9.17, 15) is 9.59 Å². The first-order chi connectivity index (χ1) is 13.0. The van der Waals surface area contributed by atoms with Gasteiger partial charge in [0.05, 0.1) is 17.2 Å². The molecule has 0 radical (unpaired) electrons. The average Bonchev–Trinajstić information content (AvgIpc) is 2.65. The number of para-hydroxylation sites is 1. The Kier molecular flexibility index (Phi) is 8.23. The van der Waals surface area contributed by atoms with Gasteiger partial charge in [-0.25, -0.2) is 0 Å². The summed E-state index contributed by atoms with van der Waals surface area (Å²) in [5.41, 5.74) is 0.355. The minimum atomic E-state index is -0.581. The molecule has 0 bridgehead atoms. The highest BCUT2D eigenvalue weighted by Gasteiger charge is 2.13. The highest BCUT2D eigenvalue weighted by Crippen LogP contribution is 2.27. The Balaban J connectivity index is 1.72. The molecule has 0 aliphatic rings. The van der Waals surface area contributed by atoms with Crippen molar-refractivity contribution in [2.24, 2.45) is 0 Å². The van der Waals surface area contributed by atoms with E-state index < -0.39 is 11.9 Å². The zero-order valence-corrected chi connectivity index (χ0v) is 16.2. The van der Waals surface area contributed by atoms with E-state index in [1.807, 2.05) is 6.92 Å². The lowest BCUT2D eigenvalue weighted by Crippen LogP contribution is -2.31. The molecule has 2 rings (SSSR count). The van der Waals surface area contributed by atoms with E-state index in [2.05, 4.69) is 5.32 Å². The molecule has 0 unspecified atom stereocenters. The fourth-order valence-electron chi connectivity index (χ4n) is 2.13. The number of rotatable bonds is 9. The molecule has 144 valence electrons. The fraction of sp³-hybridized carbons (Fsp3) is 0.263. The molecule has 0 aliphatic heterocycles. The van der Waals surface area contributed by atoms with Gasteiger partial charge >= 0.3 is 5.97 Å². The second kappa shape index (κ2) is 10.6. The third-order valence-corrected chi connectivity index (χ3v) is 3.85. The van der Waals surface area contributed by atoms with Crippen LogP contribution in [0.2, 0.25) is 10.0 Å². The van der Waals surface area contributed by atoms with E-state index in [0.29, 0.717) is 33.7 Å². The van der Waals surface area contributed by atoms with Crippen LogP contribution < -0.4 is 14.8 Å². The van der Waals surface area contributed by atoms with Crippen LogP contribution in [0, 0.1) is 0 Å². The van der Waals surface area contributed by atoms with E-state index in [4.69, 9.17) is 37.4 Å². The lowest BCUT2D eigenvalue weighted by Gasteiger charge is -2.11. The molecule has 0 spiro atoms. The fourth-order valence-corrected chi connectivity index (χ4v) is 2.60. The van der Waals surface area contributed by atoms with E-state index in [-0.39, 0.29) is 19.8 Å². The minimum Gasteiger partial charge on any atom is -0.493 e. The van der Waals surface area contributed by atoms with Crippen molar-refractivity contribution < 1.29 is 23.8 Å². The van der Waals surface area contributed by atoms with Gasteiger partial charge in [-0.15, -0.1) is 0 Å². The van der Waals surface area contributed by atoms with Crippen molar-refractivity contribution in [3.8, 4) is 11.5 Å². The summed E-state index contributed by atoms with van der Waals surface area (Å²) in [6, 6.07) is 11.6. The molecule has 6 nitrogen and oxygen atoms in total. The summed E-state index contributed by atoms with van der Waals surface area (Å²) in [4.78, 5) is 23.9. The van der Waals surface area contributed by atoms with Crippen molar-refractivity contribution in [1.29, 1.82) is 0 Å². The van der Waals surface area contributed by atoms with Crippen LogP contribution in [0.15, 0.2) is 42.5 Å². The number of amides is 1. The molecule has 0 fully saturated rings. The number of benzene rings is 2. The van der Waals surface area contributed by atoms with Crippen molar-refractivity contribution in [3.05, 3.63) is 58.1 Å². The molecule has 0 saturated heterocycles. The lowest BCUT2D eigenvalue weighted by atomic mass is 10.2. The highest BCUT2D eigenvalue weighted by atomic mass is 35.5. The molecule has 0 aliphatic carbocycles. The predicted octanol–water partition coefficient (Wildman–Crippen LogP) is 3.74. The molecule has 27 heavy (non-hydrogen) atoms. The molecule has 0 atom stereocenters. The van der Waals surface area contributed by atoms with Crippen LogP contribution in [-0.2, 0) is 9.53 Å². The van der Waals surface area contributed by atoms with Crippen molar-refractivity contribution in [3.63, 3.8) is 0 Å². The van der Waals surface area contributed by atoms with Crippen LogP contribution in [0.3, 0.4) is 0 Å². The Morgan fingerprint density at radius 1 is 1.00 bits per heavy atom. The maximum absolute atomic E-state index is 12.2. The van der Waals surface area contributed by atoms with Gasteiger partial charge in [0.15, 0.2) is 0 Å². The van der Waals surface area contributed by atoms with Gasteiger partial charge in [-0.2, -0.15) is 0 Å². The van der Waals surface area contributed by atoms with Gasteiger partial charge in [-0.05, 0) is 37.3 Å². The maximum Gasteiger partial charge on any atom is 0.325 e. The van der Waals surface area contributed by atoms with Crippen LogP contribution in [0.25, 0.3) is 0 Å². The second-order valence-electron chi connectivity index (χ2n) is 5.26. The third-order valence-electron chi connectivity index (χ3n) is 3.32. The zero-order chi connectivity index (χ0) is 19.6. The van der Waals surface area contributed by atoms with Crippen molar-refractivity contribution in [2.45, 2.75) is 6.92 Å². The monoisotopic (exact) mass is 411 g/mol. The quantitative estimate of drug-likeness (QED) is 0.502. The summed E-state index contributed by atoms with van der Waals surface area (Å²) in [6.07, 6.45) is 0. The SMILES string of the molecule is CCOc1ccccc1C(=O)NCC(=O)OCCOc1ccc(Cl)cc1Cl. The van der Waals surface area contributed by atoms with E-state index >= 15 is 0 Å². The number of esters is 1. The summed E-state index contributed by atoms with van der Waals surface area (Å²) in [5.74, 6) is -0.0969. The summed E-state index contributed by atoms with van der Waals surface area (Å²) in [6.45, 7) is 2.13. The normalized spacial score (nSPS) is 10.2. The van der Waals surface area contributed by atoms with Crippen molar-refractivity contribution >= 4 is 35.1 Å². The Morgan fingerprint density at radius 2 is 1.78 bits per heavy atom. The summed E-state index contributed by atoms with van der Waals surface area (Å²) in [7, 11) is 0. The standard InChI is InChI=1S/C19H19Cl2NO5/c1-2-25-16-6-4-3-5-14(16)19(24)22-12-18(23)27-10-9-26-17-8-7-13(20)11-15(17)21/h3-8,11H,2,9-10,12H2,1H3,(H,22,24). The van der Waals surface area contributed by atoms with Crippen LogP contribution in [-0.4, -0.2) is 38.2 Å². The largest absolute Gasteiger partial charge is 0.493 e. The highest BCUT2D eigenvalue weighted by molar-refractivity contribution is 6.35. The number of carbonyl (C=O) groups is 2. The number of carbonyl (C=O) groups excluding carboxylic acids is 2. The zero-order valence-electron chi connectivity index (χ0n) is 14.7. The molecular formula is C19H19Cl2NO5. The predicted molar refractivity (Wildman–Crippen MR) is 103 cm³/mol. The molecule has 2 aromatic carbocycles. The Morgan fingerprint density at radius 3 is 2.52 bits per heavy atom. The molecule has 1 amide bonds. The van der Waals surface area contributed by atoms with Crippen molar-refractivity contribution in [1.82, 2.24) is 5.32 Å². The summed E-state index contributed by atoms with van der Waals surface area (Å²) >= 11 is 11.8. The molecule has 0 aromatic heterocycles. The third kappa shape index (κ3) is 6.66. The first kappa shape index (κ1) is 20.9. The second-order valence-corrected chi connectivity index (χ2v) is 6.10. The molecular weight excluding hydrogens is 393 g/mol. The Hall–Kier alpha value is -2.44. The van der Waals surface area contributed by atoms with Gasteiger partial charge in [0.2, 0.25) is 0 Å². The smallest absolute Gasteiger partial charge is 0.325 e. The number of ether oxygens (including phenoxy) is 3. The van der Waals surface area contributed by atoms with E-state index in [0.717, 1.165) is 0 Å². The van der Waals surface area contributed by atoms with Crippen LogP contribution >= 0.6 is 23.2 Å². The number of halogens is 2. The van der Waals surface area contributed by atoms with Gasteiger partial charge in [-0.3, -0.25) is 9.59 Å². The lowest BCUT2D eigenvalue weighted by molar-refractivity contribution is -0.143. The maximum atomic E-state index is 12.2. The van der Waals surface area contributed by atoms with Gasteiger partial charge in [0.1, 0.15) is 31.3 Å². The van der Waals surface area contributed by atoms with Crippen LogP contribution in [0.4, 0.5) is 0 Å². The number of hydrogen-bond acceptors (Lipinski definition) is 5. The molecule has 0 saturated carbocycles. The van der Waals surface area contributed by atoms with Crippen LogP contribution in [0.5, 0.6) is 11.5 Å². The summed E-state index contributed by atoms with van der Waals surface area (Å²) < 4.78 is 15.8. The molecule has 8 heteroatoms. The minimum absolute atomic E-state index is 0.0171. The first-order valence-corrected chi connectivity index (χ1v) is 9.00. The summed E-state index contributed by atoms with van der Waals surface area (Å²) in [5, 5.41) is 3.37.